The minimum Gasteiger partial charge on any atom is -0.334 e. The number of hydrogen-bond donors (Lipinski definition) is 1. The molecule has 3 rings (SSSR count). The van der Waals surface area contributed by atoms with Crippen molar-refractivity contribution in [1.82, 2.24) is 15.1 Å². The van der Waals surface area contributed by atoms with Crippen molar-refractivity contribution in [3.63, 3.8) is 0 Å². The van der Waals surface area contributed by atoms with Crippen LogP contribution < -0.4 is 5.32 Å². The van der Waals surface area contributed by atoms with E-state index in [0.717, 1.165) is 38.5 Å². The van der Waals surface area contributed by atoms with Crippen molar-refractivity contribution in [1.29, 1.82) is 0 Å². The van der Waals surface area contributed by atoms with Gasteiger partial charge in [0, 0.05) is 39.3 Å². The molecule has 0 aromatic heterocycles. The van der Waals surface area contributed by atoms with Gasteiger partial charge in [-0.25, -0.2) is 0 Å². The third kappa shape index (κ3) is 2.82. The van der Waals surface area contributed by atoms with Crippen LogP contribution in [0.5, 0.6) is 0 Å². The molecule has 5 nitrogen and oxygen atoms in total. The molecule has 0 aromatic carbocycles. The summed E-state index contributed by atoms with van der Waals surface area (Å²) >= 11 is 0. The average Bonchev–Trinajstić information content (AvgIpc) is 2.54. The summed E-state index contributed by atoms with van der Waals surface area (Å²) in [7, 11) is 0. The number of nitrogens with one attached hydrogen (secondary N) is 1. The zero-order chi connectivity index (χ0) is 13.9. The van der Waals surface area contributed by atoms with Crippen LogP contribution in [0.15, 0.2) is 0 Å². The number of hydrogen-bond acceptors (Lipinski definition) is 3. The van der Waals surface area contributed by atoms with E-state index in [1.165, 1.54) is 25.7 Å². The molecule has 2 atom stereocenters. The van der Waals surface area contributed by atoms with Gasteiger partial charge in [-0.1, -0.05) is 19.3 Å². The fraction of sp³-hybridized carbons (Fsp3) is 0.867. The van der Waals surface area contributed by atoms with Gasteiger partial charge in [-0.15, -0.1) is 0 Å². The van der Waals surface area contributed by atoms with Crippen LogP contribution in [0.3, 0.4) is 0 Å². The van der Waals surface area contributed by atoms with Crippen LogP contribution in [0.4, 0.5) is 0 Å². The zero-order valence-electron chi connectivity index (χ0n) is 12.1. The number of nitrogens with zero attached hydrogens (tertiary/aromatic N) is 2. The highest BCUT2D eigenvalue weighted by molar-refractivity contribution is 6.34. The van der Waals surface area contributed by atoms with Gasteiger partial charge in [0.1, 0.15) is 0 Å². The van der Waals surface area contributed by atoms with E-state index in [9.17, 15) is 9.59 Å². The van der Waals surface area contributed by atoms with Gasteiger partial charge in [0.05, 0.1) is 0 Å². The summed E-state index contributed by atoms with van der Waals surface area (Å²) < 4.78 is 0. The molecule has 0 spiro atoms. The number of carbonyl (C=O) groups is 2. The first-order valence-electron chi connectivity index (χ1n) is 8.04. The minimum atomic E-state index is -0.291. The van der Waals surface area contributed by atoms with E-state index in [4.69, 9.17) is 0 Å². The maximum atomic E-state index is 12.4. The van der Waals surface area contributed by atoms with E-state index >= 15 is 0 Å². The predicted molar refractivity (Wildman–Crippen MR) is 76.1 cm³/mol. The highest BCUT2D eigenvalue weighted by atomic mass is 16.2. The SMILES string of the molecule is O=C(C(=O)N1CCC2CCCCC2C1)N1CCNCC1. The van der Waals surface area contributed by atoms with E-state index in [2.05, 4.69) is 5.32 Å². The molecule has 2 saturated heterocycles. The smallest absolute Gasteiger partial charge is 0.312 e. The zero-order valence-corrected chi connectivity index (χ0v) is 12.1. The Labute approximate surface area is 120 Å². The van der Waals surface area contributed by atoms with Crippen molar-refractivity contribution in [2.75, 3.05) is 39.3 Å². The van der Waals surface area contributed by atoms with Gasteiger partial charge in [-0.2, -0.15) is 0 Å². The highest BCUT2D eigenvalue weighted by Gasteiger charge is 2.36. The predicted octanol–water partition coefficient (Wildman–Crippen LogP) is 0.457. The normalized spacial score (nSPS) is 30.8. The van der Waals surface area contributed by atoms with E-state index in [-0.39, 0.29) is 11.8 Å². The molecule has 2 amide bonds. The summed E-state index contributed by atoms with van der Waals surface area (Å²) in [4.78, 5) is 28.2. The van der Waals surface area contributed by atoms with Crippen LogP contribution in [0.1, 0.15) is 32.1 Å². The molecular formula is C15H25N3O2. The largest absolute Gasteiger partial charge is 0.334 e. The van der Waals surface area contributed by atoms with Crippen molar-refractivity contribution >= 4 is 11.8 Å². The van der Waals surface area contributed by atoms with E-state index in [1.54, 1.807) is 4.90 Å². The molecule has 2 unspecified atom stereocenters. The Morgan fingerprint density at radius 1 is 0.800 bits per heavy atom. The lowest BCUT2D eigenvalue weighted by atomic mass is 9.75. The number of likely N-dealkylation sites (tertiary alicyclic amines) is 1. The fourth-order valence-electron chi connectivity index (χ4n) is 3.92. The molecule has 3 fully saturated rings. The fourth-order valence-corrected chi connectivity index (χ4v) is 3.92. The van der Waals surface area contributed by atoms with Crippen molar-refractivity contribution in [3.8, 4) is 0 Å². The van der Waals surface area contributed by atoms with E-state index in [1.807, 2.05) is 4.90 Å². The Morgan fingerprint density at radius 2 is 1.45 bits per heavy atom. The highest BCUT2D eigenvalue weighted by Crippen LogP contribution is 2.36. The lowest BCUT2D eigenvalue weighted by Crippen LogP contribution is -2.54. The molecule has 2 heterocycles. The molecule has 1 saturated carbocycles. The van der Waals surface area contributed by atoms with Crippen LogP contribution in [-0.2, 0) is 9.59 Å². The Kier molecular flexibility index (Phi) is 4.24. The standard InChI is InChI=1S/C15H25N3O2/c19-14(17-9-6-16-7-10-17)15(20)18-8-5-12-3-1-2-4-13(12)11-18/h12-13,16H,1-11H2. The van der Waals surface area contributed by atoms with Gasteiger partial charge in [0.25, 0.3) is 0 Å². The second-order valence-electron chi connectivity index (χ2n) is 6.39. The molecule has 0 bridgehead atoms. The van der Waals surface area contributed by atoms with Gasteiger partial charge >= 0.3 is 11.8 Å². The first-order chi connectivity index (χ1) is 9.75. The van der Waals surface area contributed by atoms with Gasteiger partial charge in [-0.3, -0.25) is 9.59 Å². The van der Waals surface area contributed by atoms with Gasteiger partial charge < -0.3 is 15.1 Å². The molecule has 5 heteroatoms. The van der Waals surface area contributed by atoms with Gasteiger partial charge in [0.15, 0.2) is 0 Å². The molecule has 3 aliphatic rings. The summed E-state index contributed by atoms with van der Waals surface area (Å²) in [5.74, 6) is 0.871. The molecule has 112 valence electrons. The van der Waals surface area contributed by atoms with Crippen molar-refractivity contribution < 1.29 is 9.59 Å². The lowest BCUT2D eigenvalue weighted by Gasteiger charge is -2.41. The Hall–Kier alpha value is -1.10. The first kappa shape index (κ1) is 13.9. The number of carbonyl (C=O) groups excluding carboxylic acids is 2. The molecule has 1 N–H and O–H groups in total. The van der Waals surface area contributed by atoms with E-state index < -0.39 is 0 Å². The minimum absolute atomic E-state index is 0.268. The Balaban J connectivity index is 1.58. The molecular weight excluding hydrogens is 254 g/mol. The second kappa shape index (κ2) is 6.12. The summed E-state index contributed by atoms with van der Waals surface area (Å²) in [6, 6.07) is 0. The number of fused-ring (bicyclic) bond motifs is 1. The van der Waals surface area contributed by atoms with Crippen LogP contribution in [0.25, 0.3) is 0 Å². The number of rotatable bonds is 0. The molecule has 20 heavy (non-hydrogen) atoms. The maximum Gasteiger partial charge on any atom is 0.312 e. The third-order valence-electron chi connectivity index (χ3n) is 5.17. The molecule has 2 aliphatic heterocycles. The average molecular weight is 279 g/mol. The summed E-state index contributed by atoms with van der Waals surface area (Å²) in [6.07, 6.45) is 6.27. The number of piperazine rings is 1. The molecule has 1 aliphatic carbocycles. The van der Waals surface area contributed by atoms with Crippen LogP contribution in [-0.4, -0.2) is 60.9 Å². The first-order valence-corrected chi connectivity index (χ1v) is 8.04. The lowest BCUT2D eigenvalue weighted by molar-refractivity contribution is -0.153. The molecule has 0 aromatic rings. The summed E-state index contributed by atoms with van der Waals surface area (Å²) in [5.41, 5.74) is 0. The number of amides is 2. The van der Waals surface area contributed by atoms with Crippen molar-refractivity contribution in [3.05, 3.63) is 0 Å². The maximum absolute atomic E-state index is 12.4. The quantitative estimate of drug-likeness (QED) is 0.655. The van der Waals surface area contributed by atoms with Gasteiger partial charge in [0.2, 0.25) is 0 Å². The molecule has 0 radical (unpaired) electrons. The topological polar surface area (TPSA) is 52.7 Å². The summed E-state index contributed by atoms with van der Waals surface area (Å²) in [5, 5.41) is 3.21. The Morgan fingerprint density at radius 3 is 2.20 bits per heavy atom. The number of piperidine rings is 1. The monoisotopic (exact) mass is 279 g/mol. The van der Waals surface area contributed by atoms with Crippen LogP contribution >= 0.6 is 0 Å². The second-order valence-corrected chi connectivity index (χ2v) is 6.39. The summed E-state index contributed by atoms with van der Waals surface area (Å²) in [6.45, 7) is 4.49. The van der Waals surface area contributed by atoms with Crippen LogP contribution in [0.2, 0.25) is 0 Å². The van der Waals surface area contributed by atoms with Crippen molar-refractivity contribution in [2.24, 2.45) is 11.8 Å². The van der Waals surface area contributed by atoms with Crippen LogP contribution in [0, 0.1) is 11.8 Å². The van der Waals surface area contributed by atoms with E-state index in [0.29, 0.717) is 19.0 Å². The van der Waals surface area contributed by atoms with Crippen molar-refractivity contribution in [2.45, 2.75) is 32.1 Å². The Bertz CT molecular complexity index is 379. The third-order valence-corrected chi connectivity index (χ3v) is 5.17. The van der Waals surface area contributed by atoms with Gasteiger partial charge in [-0.05, 0) is 24.7 Å².